The van der Waals surface area contributed by atoms with Gasteiger partial charge in [0.2, 0.25) is 5.91 Å². The highest BCUT2D eigenvalue weighted by molar-refractivity contribution is 7.99. The fraction of sp³-hybridized carbons (Fsp3) is 0.176. The van der Waals surface area contributed by atoms with E-state index in [0.29, 0.717) is 10.8 Å². The molecule has 0 aliphatic rings. The quantitative estimate of drug-likeness (QED) is 0.525. The van der Waals surface area contributed by atoms with Gasteiger partial charge < -0.3 is 5.32 Å². The first-order valence-electron chi connectivity index (χ1n) is 7.38. The zero-order valence-electron chi connectivity index (χ0n) is 13.4. The highest BCUT2D eigenvalue weighted by atomic mass is 35.5. The fourth-order valence-corrected chi connectivity index (χ4v) is 2.97. The van der Waals surface area contributed by atoms with Gasteiger partial charge in [-0.3, -0.25) is 15.6 Å². The van der Waals surface area contributed by atoms with Gasteiger partial charge in [0.05, 0.1) is 5.75 Å². The second-order valence-electron chi connectivity index (χ2n) is 5.21. The topological polar surface area (TPSA) is 53.2 Å². The molecule has 0 fully saturated rings. The maximum Gasteiger partial charge on any atom is 0.248 e. The Morgan fingerprint density at radius 1 is 1.20 bits per heavy atom. The largest absolute Gasteiger partial charge is 0.331 e. The van der Waals surface area contributed by atoms with Crippen molar-refractivity contribution in [3.63, 3.8) is 0 Å². The number of thioether (sulfide) groups is 1. The van der Waals surface area contributed by atoms with Gasteiger partial charge >= 0.3 is 0 Å². The third kappa shape index (κ3) is 6.89. The van der Waals surface area contributed by atoms with Crippen LogP contribution in [0.5, 0.6) is 0 Å². The van der Waals surface area contributed by atoms with Crippen LogP contribution < -0.4 is 16.2 Å². The first-order valence-corrected chi connectivity index (χ1v) is 9.32. The van der Waals surface area contributed by atoms with Crippen LogP contribution in [0.1, 0.15) is 11.1 Å². The number of hydrazine groups is 1. The van der Waals surface area contributed by atoms with E-state index in [1.54, 1.807) is 18.2 Å². The van der Waals surface area contributed by atoms with Gasteiger partial charge in [-0.05, 0) is 54.5 Å². The van der Waals surface area contributed by atoms with E-state index in [9.17, 15) is 9.18 Å². The second-order valence-corrected chi connectivity index (χ2v) is 7.01. The smallest absolute Gasteiger partial charge is 0.248 e. The Morgan fingerprint density at radius 3 is 2.60 bits per heavy atom. The summed E-state index contributed by atoms with van der Waals surface area (Å²) in [6.45, 7) is 1.91. The minimum Gasteiger partial charge on any atom is -0.331 e. The molecule has 0 aliphatic heterocycles. The number of aryl methyl sites for hydroxylation is 1. The lowest BCUT2D eigenvalue weighted by molar-refractivity contribution is -0.119. The number of hydrogen-bond acceptors (Lipinski definition) is 3. The molecule has 0 aromatic heterocycles. The van der Waals surface area contributed by atoms with Crippen molar-refractivity contribution in [2.45, 2.75) is 12.7 Å². The molecule has 2 rings (SSSR count). The molecule has 0 bridgehead atoms. The van der Waals surface area contributed by atoms with E-state index in [4.69, 9.17) is 23.8 Å². The lowest BCUT2D eigenvalue weighted by atomic mass is 10.2. The van der Waals surface area contributed by atoms with E-state index in [1.807, 2.05) is 19.1 Å². The first kappa shape index (κ1) is 19.5. The average Bonchev–Trinajstić information content (AvgIpc) is 2.58. The predicted molar refractivity (Wildman–Crippen MR) is 106 cm³/mol. The number of anilines is 1. The SMILES string of the molecule is Cc1ccc(NC(=S)NNC(=O)CSCc2ccc(F)cc2)cc1Cl. The van der Waals surface area contributed by atoms with Crippen LogP contribution in [-0.2, 0) is 10.5 Å². The molecule has 2 aromatic rings. The maximum atomic E-state index is 12.8. The van der Waals surface area contributed by atoms with Gasteiger partial charge in [0.1, 0.15) is 5.82 Å². The number of carbonyl (C=O) groups is 1. The van der Waals surface area contributed by atoms with Crippen molar-refractivity contribution in [2.75, 3.05) is 11.1 Å². The number of halogens is 2. The van der Waals surface area contributed by atoms with Crippen LogP contribution in [0.2, 0.25) is 5.02 Å². The highest BCUT2D eigenvalue weighted by Gasteiger charge is 2.04. The van der Waals surface area contributed by atoms with Crippen LogP contribution >= 0.6 is 35.6 Å². The summed E-state index contributed by atoms with van der Waals surface area (Å²) in [4.78, 5) is 11.8. The fourth-order valence-electron chi connectivity index (χ4n) is 1.84. The van der Waals surface area contributed by atoms with Crippen LogP contribution in [0, 0.1) is 12.7 Å². The maximum absolute atomic E-state index is 12.8. The number of amides is 1. The third-order valence-corrected chi connectivity index (χ3v) is 4.78. The van der Waals surface area contributed by atoms with Crippen LogP contribution in [0.25, 0.3) is 0 Å². The minimum absolute atomic E-state index is 0.210. The van der Waals surface area contributed by atoms with Crippen LogP contribution in [0.15, 0.2) is 42.5 Å². The highest BCUT2D eigenvalue weighted by Crippen LogP contribution is 2.19. The van der Waals surface area contributed by atoms with Gasteiger partial charge in [0, 0.05) is 16.5 Å². The zero-order valence-corrected chi connectivity index (χ0v) is 15.8. The Bertz CT molecular complexity index is 756. The van der Waals surface area contributed by atoms with Gasteiger partial charge in [-0.1, -0.05) is 29.8 Å². The van der Waals surface area contributed by atoms with Crippen LogP contribution in [0.3, 0.4) is 0 Å². The lowest BCUT2D eigenvalue weighted by Gasteiger charge is -2.12. The summed E-state index contributed by atoms with van der Waals surface area (Å²) < 4.78 is 12.8. The number of rotatable bonds is 5. The molecule has 25 heavy (non-hydrogen) atoms. The minimum atomic E-state index is -0.272. The van der Waals surface area contributed by atoms with Crippen molar-refractivity contribution < 1.29 is 9.18 Å². The number of nitrogens with one attached hydrogen (secondary N) is 3. The van der Waals surface area contributed by atoms with Crippen molar-refractivity contribution in [2.24, 2.45) is 0 Å². The van der Waals surface area contributed by atoms with Crippen molar-refractivity contribution in [1.29, 1.82) is 0 Å². The molecule has 0 unspecified atom stereocenters. The van der Waals surface area contributed by atoms with Gasteiger partial charge in [0.25, 0.3) is 0 Å². The summed E-state index contributed by atoms with van der Waals surface area (Å²) in [6, 6.07) is 11.7. The predicted octanol–water partition coefficient (Wildman–Crippen LogP) is 4.04. The van der Waals surface area contributed by atoms with E-state index in [-0.39, 0.29) is 22.6 Å². The molecule has 0 atom stereocenters. The molecule has 0 spiro atoms. The molecule has 1 amide bonds. The summed E-state index contributed by atoms with van der Waals surface area (Å²) in [5.41, 5.74) is 7.81. The Labute approximate surface area is 160 Å². The molecular formula is C17H17ClFN3OS2. The Morgan fingerprint density at radius 2 is 1.92 bits per heavy atom. The van der Waals surface area contributed by atoms with Crippen LogP contribution in [-0.4, -0.2) is 16.8 Å². The summed E-state index contributed by atoms with van der Waals surface area (Å²) >= 11 is 12.6. The molecule has 0 saturated carbocycles. The Kier molecular flexibility index (Phi) is 7.49. The molecule has 132 valence electrons. The van der Waals surface area contributed by atoms with Crippen molar-refractivity contribution in [1.82, 2.24) is 10.9 Å². The van der Waals surface area contributed by atoms with Crippen molar-refractivity contribution >= 4 is 52.3 Å². The number of benzene rings is 2. The second kappa shape index (κ2) is 9.60. The van der Waals surface area contributed by atoms with Gasteiger partial charge in [-0.15, -0.1) is 11.8 Å². The van der Waals surface area contributed by atoms with Gasteiger partial charge in [-0.25, -0.2) is 4.39 Å². The number of carbonyl (C=O) groups excluding carboxylic acids is 1. The van der Waals surface area contributed by atoms with E-state index in [1.165, 1.54) is 23.9 Å². The van der Waals surface area contributed by atoms with Crippen molar-refractivity contribution in [3.8, 4) is 0 Å². The zero-order chi connectivity index (χ0) is 18.2. The molecule has 0 aliphatic carbocycles. The Hall–Kier alpha value is -1.83. The molecule has 0 radical (unpaired) electrons. The molecule has 8 heteroatoms. The number of thiocarbonyl (C=S) groups is 1. The molecule has 4 nitrogen and oxygen atoms in total. The molecule has 2 aromatic carbocycles. The summed E-state index contributed by atoms with van der Waals surface area (Å²) in [6.07, 6.45) is 0. The molecular weight excluding hydrogens is 381 g/mol. The van der Waals surface area contributed by atoms with Gasteiger partial charge in [0.15, 0.2) is 5.11 Å². The molecule has 3 N–H and O–H groups in total. The van der Waals surface area contributed by atoms with Crippen molar-refractivity contribution in [3.05, 3.63) is 64.4 Å². The summed E-state index contributed by atoms with van der Waals surface area (Å²) in [7, 11) is 0. The Balaban J connectivity index is 1.67. The van der Waals surface area contributed by atoms with E-state index < -0.39 is 0 Å². The normalized spacial score (nSPS) is 10.2. The average molecular weight is 398 g/mol. The van der Waals surface area contributed by atoms with Crippen LogP contribution in [0.4, 0.5) is 10.1 Å². The van der Waals surface area contributed by atoms with E-state index in [2.05, 4.69) is 16.2 Å². The van der Waals surface area contributed by atoms with Gasteiger partial charge in [-0.2, -0.15) is 0 Å². The first-order chi connectivity index (χ1) is 11.9. The standard InChI is InChI=1S/C17H17ClFN3OS2/c1-11-2-7-14(8-15(11)18)20-17(24)22-21-16(23)10-25-9-12-3-5-13(19)6-4-12/h2-8H,9-10H2,1H3,(H,21,23)(H2,20,22,24). The number of hydrogen-bond donors (Lipinski definition) is 3. The molecule has 0 saturated heterocycles. The lowest BCUT2D eigenvalue weighted by Crippen LogP contribution is -2.44. The third-order valence-electron chi connectivity index (χ3n) is 3.16. The molecule has 0 heterocycles. The summed E-state index contributed by atoms with van der Waals surface area (Å²) in [5.74, 6) is 0.395. The van der Waals surface area contributed by atoms with E-state index >= 15 is 0 Å². The summed E-state index contributed by atoms with van der Waals surface area (Å²) in [5, 5.41) is 3.83. The monoisotopic (exact) mass is 397 g/mol. The van der Waals surface area contributed by atoms with E-state index in [0.717, 1.165) is 16.8 Å².